The van der Waals surface area contributed by atoms with Crippen LogP contribution in [0.15, 0.2) is 12.1 Å². The van der Waals surface area contributed by atoms with E-state index in [0.29, 0.717) is 12.2 Å². The lowest BCUT2D eigenvalue weighted by Crippen LogP contribution is -2.10. The van der Waals surface area contributed by atoms with E-state index in [2.05, 4.69) is 0 Å². The number of thioether (sulfide) groups is 1. The minimum atomic E-state index is -0.407. The van der Waals surface area contributed by atoms with Gasteiger partial charge >= 0.3 is 5.82 Å². The summed E-state index contributed by atoms with van der Waals surface area (Å²) in [5, 5.41) is 17.6. The molecule has 0 unspecified atom stereocenters. The quantitative estimate of drug-likeness (QED) is 0.204. The molecule has 8 heteroatoms. The molecule has 0 bridgehead atoms. The minimum absolute atomic E-state index is 0.0859. The zero-order valence-electron chi connectivity index (χ0n) is 8.35. The summed E-state index contributed by atoms with van der Waals surface area (Å²) >= 11 is 3.52. The fourth-order valence-corrected chi connectivity index (χ4v) is 2.89. The van der Waals surface area contributed by atoms with Gasteiger partial charge in [-0.3, -0.25) is 5.41 Å². The van der Waals surface area contributed by atoms with Crippen LogP contribution in [0.25, 0.3) is 0 Å². The number of aromatic nitrogens is 1. The van der Waals surface area contributed by atoms with Crippen molar-refractivity contribution < 1.29 is 4.92 Å². The Morgan fingerprint density at radius 1 is 1.69 bits per heavy atom. The van der Waals surface area contributed by atoms with Gasteiger partial charge in [0.25, 0.3) is 0 Å². The Morgan fingerprint density at radius 3 is 2.88 bits per heavy atom. The summed E-state index contributed by atoms with van der Waals surface area (Å²) in [6, 6.07) is 3.23. The number of nitrogens with two attached hydrogens (primary N) is 1. The Bertz CT molecular complexity index is 407. The van der Waals surface area contributed by atoms with E-state index >= 15 is 0 Å². The first-order chi connectivity index (χ1) is 7.52. The molecule has 6 nitrogen and oxygen atoms in total. The second kappa shape index (κ2) is 6.09. The average molecular weight is 354 g/mol. The maximum atomic E-state index is 10.6. The Hall–Kier alpha value is -0.770. The predicted molar refractivity (Wildman–Crippen MR) is 73.2 cm³/mol. The zero-order chi connectivity index (χ0) is 12.1. The molecule has 3 N–H and O–H groups in total. The predicted octanol–water partition coefficient (Wildman–Crippen LogP) is 2.15. The van der Waals surface area contributed by atoms with Gasteiger partial charge in [-0.05, 0) is 11.0 Å². The molecule has 0 aromatic carbocycles. The highest BCUT2D eigenvalue weighted by Gasteiger charge is 2.15. The van der Waals surface area contributed by atoms with E-state index in [1.54, 1.807) is 20.6 Å². The number of nitrogens with one attached hydrogen (secondary N) is 1. The first-order valence-electron chi connectivity index (χ1n) is 4.44. The number of nitro groups is 1. The number of hydrogen-bond donors (Lipinski definition) is 2. The van der Waals surface area contributed by atoms with Crippen molar-refractivity contribution in [1.82, 2.24) is 2.78 Å². The third-order valence-electron chi connectivity index (χ3n) is 1.83. The largest absolute Gasteiger partial charge is 0.388 e. The second-order valence-electron chi connectivity index (χ2n) is 3.05. The van der Waals surface area contributed by atoms with Crippen LogP contribution in [0.5, 0.6) is 0 Å². The molecular weight excluding hydrogens is 343 g/mol. The lowest BCUT2D eigenvalue weighted by atomic mass is 10.5. The number of halogens is 1. The van der Waals surface area contributed by atoms with E-state index in [1.165, 1.54) is 6.07 Å². The van der Waals surface area contributed by atoms with Gasteiger partial charge in [-0.15, -0.1) is 0 Å². The van der Waals surface area contributed by atoms with Crippen LogP contribution in [0, 0.1) is 15.5 Å². The first-order valence-corrected chi connectivity index (χ1v) is 6.56. The van der Waals surface area contributed by atoms with Gasteiger partial charge in [0.15, 0.2) is 0 Å². The van der Waals surface area contributed by atoms with Crippen molar-refractivity contribution in [3.05, 3.63) is 27.9 Å². The molecule has 0 spiro atoms. The summed E-state index contributed by atoms with van der Waals surface area (Å²) in [4.78, 5) is 10.2. The molecule has 0 aliphatic heterocycles. The molecule has 0 aliphatic carbocycles. The van der Waals surface area contributed by atoms with Crippen LogP contribution in [0.4, 0.5) is 5.82 Å². The van der Waals surface area contributed by atoms with Crippen LogP contribution in [0.3, 0.4) is 0 Å². The molecular formula is C8H11IN4O2S. The lowest BCUT2D eigenvalue weighted by Gasteiger charge is -1.99. The van der Waals surface area contributed by atoms with Crippen LogP contribution in [0.2, 0.25) is 0 Å². The summed E-state index contributed by atoms with van der Waals surface area (Å²) < 4.78 is 1.54. The summed E-state index contributed by atoms with van der Waals surface area (Å²) in [6.07, 6.45) is 0.550. The molecule has 0 aliphatic rings. The Balaban J connectivity index is 2.49. The smallest absolute Gasteiger partial charge is 0.331 e. The van der Waals surface area contributed by atoms with E-state index in [1.807, 2.05) is 22.9 Å². The third-order valence-corrected chi connectivity index (χ3v) is 3.94. The number of hydrogen-bond acceptors (Lipinski definition) is 4. The topological polar surface area (TPSA) is 97.9 Å². The Labute approximate surface area is 111 Å². The molecule has 88 valence electrons. The van der Waals surface area contributed by atoms with Gasteiger partial charge in [-0.1, -0.05) is 0 Å². The highest BCUT2D eigenvalue weighted by molar-refractivity contribution is 14.1. The lowest BCUT2D eigenvalue weighted by molar-refractivity contribution is -0.389. The molecule has 0 radical (unpaired) electrons. The molecule has 0 atom stereocenters. The highest BCUT2D eigenvalue weighted by Crippen LogP contribution is 2.23. The van der Waals surface area contributed by atoms with Crippen LogP contribution < -0.4 is 5.73 Å². The molecule has 0 saturated heterocycles. The van der Waals surface area contributed by atoms with Crippen LogP contribution in [0.1, 0.15) is 12.1 Å². The number of nitrogens with zero attached hydrogens (tertiary/aromatic N) is 2. The van der Waals surface area contributed by atoms with Crippen molar-refractivity contribution in [2.45, 2.75) is 12.2 Å². The normalized spacial score (nSPS) is 10.3. The molecule has 1 aromatic rings. The van der Waals surface area contributed by atoms with Crippen molar-refractivity contribution in [2.75, 3.05) is 5.75 Å². The number of rotatable bonds is 6. The number of amidine groups is 1. The SMILES string of the molecule is N=C(N)CCSCc1ccc([N+](=O)[O-])n1I. The van der Waals surface area contributed by atoms with E-state index < -0.39 is 4.92 Å². The van der Waals surface area contributed by atoms with Gasteiger partial charge in [0.2, 0.25) is 22.9 Å². The van der Waals surface area contributed by atoms with Crippen molar-refractivity contribution >= 4 is 46.3 Å². The van der Waals surface area contributed by atoms with Crippen LogP contribution >= 0.6 is 34.6 Å². The summed E-state index contributed by atoms with van der Waals surface area (Å²) in [5.41, 5.74) is 6.11. The molecule has 0 saturated carbocycles. The summed E-state index contributed by atoms with van der Waals surface area (Å²) in [5.74, 6) is 1.70. The molecule has 0 amide bonds. The summed E-state index contributed by atoms with van der Waals surface area (Å²) in [6.45, 7) is 0. The van der Waals surface area contributed by atoms with E-state index in [9.17, 15) is 10.1 Å². The van der Waals surface area contributed by atoms with Gasteiger partial charge in [-0.2, -0.15) is 14.5 Å². The van der Waals surface area contributed by atoms with E-state index in [4.69, 9.17) is 11.1 Å². The van der Waals surface area contributed by atoms with Crippen molar-refractivity contribution in [1.29, 1.82) is 5.41 Å². The molecule has 1 rings (SSSR count). The van der Waals surface area contributed by atoms with Crippen molar-refractivity contribution in [2.24, 2.45) is 5.73 Å². The zero-order valence-corrected chi connectivity index (χ0v) is 11.3. The van der Waals surface area contributed by atoms with Gasteiger partial charge < -0.3 is 15.8 Å². The third kappa shape index (κ3) is 3.67. The van der Waals surface area contributed by atoms with E-state index in [0.717, 1.165) is 11.4 Å². The van der Waals surface area contributed by atoms with E-state index in [-0.39, 0.29) is 11.7 Å². The fourth-order valence-electron chi connectivity index (χ4n) is 1.04. The molecule has 1 heterocycles. The Morgan fingerprint density at radius 2 is 2.38 bits per heavy atom. The fraction of sp³-hybridized carbons (Fsp3) is 0.375. The Kier molecular flexibility index (Phi) is 5.06. The maximum absolute atomic E-state index is 10.6. The maximum Gasteiger partial charge on any atom is 0.331 e. The van der Waals surface area contributed by atoms with Gasteiger partial charge in [0.1, 0.15) is 5.69 Å². The first kappa shape index (κ1) is 13.3. The minimum Gasteiger partial charge on any atom is -0.388 e. The monoisotopic (exact) mass is 354 g/mol. The van der Waals surface area contributed by atoms with Crippen molar-refractivity contribution in [3.8, 4) is 0 Å². The summed E-state index contributed by atoms with van der Waals surface area (Å²) in [7, 11) is 0. The molecule has 1 aromatic heterocycles. The molecule has 0 fully saturated rings. The van der Waals surface area contributed by atoms with Crippen LogP contribution in [-0.4, -0.2) is 19.3 Å². The van der Waals surface area contributed by atoms with Gasteiger partial charge in [0.05, 0.1) is 11.6 Å². The standard InChI is InChI=1S/C8H11IN4O2S/c9-12-6(1-2-8(12)13(14)15)5-16-4-3-7(10)11/h1-2H,3-5H2,(H3,10,11). The second-order valence-corrected chi connectivity index (χ2v) is 5.12. The average Bonchev–Trinajstić information content (AvgIpc) is 2.54. The van der Waals surface area contributed by atoms with Gasteiger partial charge in [-0.25, -0.2) is 0 Å². The molecule has 16 heavy (non-hydrogen) atoms. The van der Waals surface area contributed by atoms with Crippen molar-refractivity contribution in [3.63, 3.8) is 0 Å². The van der Waals surface area contributed by atoms with Crippen LogP contribution in [-0.2, 0) is 5.75 Å². The highest BCUT2D eigenvalue weighted by atomic mass is 127. The van der Waals surface area contributed by atoms with Gasteiger partial charge in [0, 0.05) is 18.2 Å².